The van der Waals surface area contributed by atoms with Gasteiger partial charge in [-0.05, 0) is 25.0 Å². The van der Waals surface area contributed by atoms with Gasteiger partial charge in [0.05, 0.1) is 12.8 Å². The predicted molar refractivity (Wildman–Crippen MR) is 69.9 cm³/mol. The Balaban J connectivity index is 2.52. The monoisotopic (exact) mass is 253 g/mol. The number of hydrogen-bond donors (Lipinski definition) is 2. The Morgan fingerprint density at radius 2 is 2.22 bits per heavy atom. The molecule has 0 aliphatic rings. The molecule has 0 aliphatic heterocycles. The van der Waals surface area contributed by atoms with Crippen molar-refractivity contribution in [2.45, 2.75) is 39.7 Å². The number of carbonyl (C=O) groups excluding carboxylic acids is 1. The van der Waals surface area contributed by atoms with Crippen LogP contribution in [0.15, 0.2) is 22.8 Å². The van der Waals surface area contributed by atoms with Crippen molar-refractivity contribution < 1.29 is 14.3 Å². The number of amides is 1. The minimum absolute atomic E-state index is 0.0313. The Hall–Kier alpha value is -1.29. The number of hydrogen-bond acceptors (Lipinski definition) is 3. The van der Waals surface area contributed by atoms with Crippen LogP contribution < -0.4 is 5.32 Å². The molecule has 0 bridgehead atoms. The lowest BCUT2D eigenvalue weighted by Gasteiger charge is -2.24. The summed E-state index contributed by atoms with van der Waals surface area (Å²) < 4.78 is 5.16. The Labute approximate surface area is 108 Å². The highest BCUT2D eigenvalue weighted by Crippen LogP contribution is 2.20. The van der Waals surface area contributed by atoms with E-state index in [0.29, 0.717) is 11.7 Å². The molecule has 0 spiro atoms. The van der Waals surface area contributed by atoms with E-state index in [-0.39, 0.29) is 18.4 Å². The van der Waals surface area contributed by atoms with E-state index >= 15 is 0 Å². The van der Waals surface area contributed by atoms with Crippen molar-refractivity contribution >= 4 is 5.91 Å². The van der Waals surface area contributed by atoms with Gasteiger partial charge in [0.2, 0.25) is 5.91 Å². The fraction of sp³-hybridized carbons (Fsp3) is 0.643. The standard InChI is InChI=1S/C14H23NO3/c1-5-10(2)11(3)13(16)15-9-14(4,17)12-7-6-8-18-12/h6-8,10-11,17H,5,9H2,1-4H3,(H,15,16). The first kappa shape index (κ1) is 14.8. The minimum Gasteiger partial charge on any atom is -0.466 e. The molecular weight excluding hydrogens is 230 g/mol. The third-order valence-electron chi connectivity index (χ3n) is 3.57. The lowest BCUT2D eigenvalue weighted by atomic mass is 9.92. The van der Waals surface area contributed by atoms with E-state index in [1.54, 1.807) is 19.1 Å². The first-order chi connectivity index (χ1) is 8.38. The number of furan rings is 1. The van der Waals surface area contributed by atoms with Gasteiger partial charge in [0, 0.05) is 5.92 Å². The van der Waals surface area contributed by atoms with Gasteiger partial charge in [-0.2, -0.15) is 0 Å². The third-order valence-corrected chi connectivity index (χ3v) is 3.57. The Kier molecular flexibility index (Phi) is 4.96. The fourth-order valence-electron chi connectivity index (χ4n) is 1.70. The molecule has 3 unspecified atom stereocenters. The fourth-order valence-corrected chi connectivity index (χ4v) is 1.70. The second-order valence-electron chi connectivity index (χ2n) is 5.14. The van der Waals surface area contributed by atoms with Crippen LogP contribution in [0.4, 0.5) is 0 Å². The van der Waals surface area contributed by atoms with Crippen molar-refractivity contribution in [2.24, 2.45) is 11.8 Å². The maximum atomic E-state index is 11.9. The second-order valence-corrected chi connectivity index (χ2v) is 5.14. The van der Waals surface area contributed by atoms with E-state index in [1.165, 1.54) is 6.26 Å². The van der Waals surface area contributed by atoms with Crippen LogP contribution in [0.25, 0.3) is 0 Å². The molecule has 0 radical (unpaired) electrons. The highest BCUT2D eigenvalue weighted by Gasteiger charge is 2.28. The van der Waals surface area contributed by atoms with Crippen LogP contribution in [0.3, 0.4) is 0 Å². The number of carbonyl (C=O) groups is 1. The van der Waals surface area contributed by atoms with Crippen LogP contribution in [-0.4, -0.2) is 17.6 Å². The summed E-state index contributed by atoms with van der Waals surface area (Å²) in [6.07, 6.45) is 2.47. The third kappa shape index (κ3) is 3.60. The lowest BCUT2D eigenvalue weighted by Crippen LogP contribution is -2.41. The Bertz CT molecular complexity index is 370. The van der Waals surface area contributed by atoms with Crippen LogP contribution in [0, 0.1) is 11.8 Å². The topological polar surface area (TPSA) is 62.5 Å². The van der Waals surface area contributed by atoms with Crippen molar-refractivity contribution in [3.63, 3.8) is 0 Å². The zero-order valence-electron chi connectivity index (χ0n) is 11.6. The average Bonchev–Trinajstić information content (AvgIpc) is 2.88. The molecule has 0 saturated carbocycles. The smallest absolute Gasteiger partial charge is 0.223 e. The van der Waals surface area contributed by atoms with Crippen LogP contribution in [0.5, 0.6) is 0 Å². The molecule has 4 heteroatoms. The van der Waals surface area contributed by atoms with Crippen molar-refractivity contribution in [3.05, 3.63) is 24.2 Å². The van der Waals surface area contributed by atoms with Crippen LogP contribution >= 0.6 is 0 Å². The van der Waals surface area contributed by atoms with Gasteiger partial charge >= 0.3 is 0 Å². The first-order valence-electron chi connectivity index (χ1n) is 6.42. The molecule has 0 aliphatic carbocycles. The van der Waals surface area contributed by atoms with Crippen molar-refractivity contribution in [1.82, 2.24) is 5.32 Å². The van der Waals surface area contributed by atoms with E-state index in [4.69, 9.17) is 4.42 Å². The maximum Gasteiger partial charge on any atom is 0.223 e. The molecular formula is C14H23NO3. The largest absolute Gasteiger partial charge is 0.466 e. The molecule has 0 saturated heterocycles. The molecule has 102 valence electrons. The quantitative estimate of drug-likeness (QED) is 0.817. The van der Waals surface area contributed by atoms with Crippen molar-refractivity contribution in [3.8, 4) is 0 Å². The summed E-state index contributed by atoms with van der Waals surface area (Å²) in [5.41, 5.74) is -1.17. The van der Waals surface area contributed by atoms with E-state index in [1.807, 2.05) is 6.92 Å². The highest BCUT2D eigenvalue weighted by molar-refractivity contribution is 5.78. The molecule has 4 nitrogen and oxygen atoms in total. The summed E-state index contributed by atoms with van der Waals surface area (Å²) in [6.45, 7) is 7.80. The second kappa shape index (κ2) is 6.05. The molecule has 1 aromatic heterocycles. The van der Waals surface area contributed by atoms with Gasteiger partial charge in [0.1, 0.15) is 11.4 Å². The van der Waals surface area contributed by atoms with Gasteiger partial charge in [0.15, 0.2) is 0 Å². The first-order valence-corrected chi connectivity index (χ1v) is 6.42. The molecule has 1 heterocycles. The van der Waals surface area contributed by atoms with Gasteiger partial charge < -0.3 is 14.8 Å². The van der Waals surface area contributed by atoms with Crippen molar-refractivity contribution in [2.75, 3.05) is 6.54 Å². The summed E-state index contributed by atoms with van der Waals surface area (Å²) in [5.74, 6) is 0.705. The zero-order valence-corrected chi connectivity index (χ0v) is 11.6. The molecule has 0 aromatic carbocycles. The van der Waals surface area contributed by atoms with Crippen molar-refractivity contribution in [1.29, 1.82) is 0 Å². The molecule has 1 amide bonds. The molecule has 3 atom stereocenters. The SMILES string of the molecule is CCC(C)C(C)C(=O)NCC(C)(O)c1ccco1. The molecule has 2 N–H and O–H groups in total. The molecule has 1 aromatic rings. The predicted octanol–water partition coefficient (Wildman–Crippen LogP) is 2.29. The Morgan fingerprint density at radius 1 is 1.56 bits per heavy atom. The summed E-state index contributed by atoms with van der Waals surface area (Å²) in [7, 11) is 0. The van der Waals surface area contributed by atoms with E-state index < -0.39 is 5.60 Å². The lowest BCUT2D eigenvalue weighted by molar-refractivity contribution is -0.127. The van der Waals surface area contributed by atoms with Gasteiger partial charge in [-0.1, -0.05) is 27.2 Å². The number of rotatable bonds is 6. The van der Waals surface area contributed by atoms with Gasteiger partial charge in [-0.3, -0.25) is 4.79 Å². The summed E-state index contributed by atoms with van der Waals surface area (Å²) in [4.78, 5) is 11.9. The average molecular weight is 253 g/mol. The normalized spacial score (nSPS) is 17.8. The summed E-state index contributed by atoms with van der Waals surface area (Å²) in [6, 6.07) is 3.41. The number of nitrogens with one attached hydrogen (secondary N) is 1. The Morgan fingerprint density at radius 3 is 2.72 bits per heavy atom. The summed E-state index contributed by atoms with van der Waals surface area (Å²) in [5, 5.41) is 13.0. The van der Waals surface area contributed by atoms with Crippen LogP contribution in [-0.2, 0) is 10.4 Å². The van der Waals surface area contributed by atoms with Gasteiger partial charge in [-0.15, -0.1) is 0 Å². The maximum absolute atomic E-state index is 11.9. The summed E-state index contributed by atoms with van der Waals surface area (Å²) >= 11 is 0. The van der Waals surface area contributed by atoms with E-state index in [9.17, 15) is 9.90 Å². The zero-order chi connectivity index (χ0) is 13.8. The van der Waals surface area contributed by atoms with Crippen LogP contribution in [0.2, 0.25) is 0 Å². The van der Waals surface area contributed by atoms with Gasteiger partial charge in [0.25, 0.3) is 0 Å². The van der Waals surface area contributed by atoms with Crippen LogP contribution in [0.1, 0.15) is 39.9 Å². The molecule has 0 fully saturated rings. The van der Waals surface area contributed by atoms with E-state index in [0.717, 1.165) is 6.42 Å². The highest BCUT2D eigenvalue weighted by atomic mass is 16.4. The molecule has 1 rings (SSSR count). The van der Waals surface area contributed by atoms with Gasteiger partial charge in [-0.25, -0.2) is 0 Å². The molecule has 18 heavy (non-hydrogen) atoms. The van der Waals surface area contributed by atoms with E-state index in [2.05, 4.69) is 19.2 Å². The minimum atomic E-state index is -1.17. The number of aliphatic hydroxyl groups is 1.